The standard InChI is InChI=1S/C21H31N5O2/c1-15(2)19-8-4-7-17(24-19)14-26-10-5-6-16(13-26)20-18(12-23-25-20)21(27)22-9-11-28-3/h4,7-8,12,15-16H,5-6,9-11,13-14H2,1-3H3,(H,22,27)(H,23,25)/t16-/m1/s1. The molecule has 1 aliphatic heterocycles. The summed E-state index contributed by atoms with van der Waals surface area (Å²) in [5.74, 6) is 0.607. The Hall–Kier alpha value is -2.25. The minimum Gasteiger partial charge on any atom is -0.383 e. The number of nitrogens with one attached hydrogen (secondary N) is 2. The molecule has 0 radical (unpaired) electrons. The van der Waals surface area contributed by atoms with Crippen LogP contribution in [0.15, 0.2) is 24.4 Å². The molecule has 0 unspecified atom stereocenters. The summed E-state index contributed by atoms with van der Waals surface area (Å²) in [6.07, 6.45) is 3.78. The van der Waals surface area contributed by atoms with E-state index in [-0.39, 0.29) is 11.8 Å². The van der Waals surface area contributed by atoms with Gasteiger partial charge in [0, 0.05) is 38.4 Å². The molecular weight excluding hydrogens is 354 g/mol. The molecule has 1 amide bonds. The van der Waals surface area contributed by atoms with Crippen molar-refractivity contribution in [3.63, 3.8) is 0 Å². The average molecular weight is 386 g/mol. The molecule has 152 valence electrons. The first-order valence-electron chi connectivity index (χ1n) is 10.1. The summed E-state index contributed by atoms with van der Waals surface area (Å²) < 4.78 is 5.00. The first kappa shape index (κ1) is 20.5. The molecule has 1 fully saturated rings. The van der Waals surface area contributed by atoms with Crippen molar-refractivity contribution < 1.29 is 9.53 Å². The fraction of sp³-hybridized carbons (Fsp3) is 0.571. The Balaban J connectivity index is 1.65. The van der Waals surface area contributed by atoms with E-state index in [1.165, 1.54) is 0 Å². The molecular formula is C21H31N5O2. The zero-order valence-electron chi connectivity index (χ0n) is 17.1. The molecule has 1 aliphatic rings. The third-order valence-electron chi connectivity index (χ3n) is 5.22. The van der Waals surface area contributed by atoms with Crippen LogP contribution in [0.2, 0.25) is 0 Å². The lowest BCUT2D eigenvalue weighted by molar-refractivity contribution is 0.0934. The normalized spacial score (nSPS) is 17.8. The number of amides is 1. The van der Waals surface area contributed by atoms with Crippen LogP contribution < -0.4 is 5.32 Å². The molecule has 7 nitrogen and oxygen atoms in total. The predicted molar refractivity (Wildman–Crippen MR) is 108 cm³/mol. The highest BCUT2D eigenvalue weighted by Gasteiger charge is 2.27. The van der Waals surface area contributed by atoms with E-state index in [4.69, 9.17) is 9.72 Å². The highest BCUT2D eigenvalue weighted by atomic mass is 16.5. The van der Waals surface area contributed by atoms with E-state index in [0.717, 1.165) is 49.6 Å². The van der Waals surface area contributed by atoms with E-state index in [0.29, 0.717) is 24.6 Å². The highest BCUT2D eigenvalue weighted by molar-refractivity contribution is 5.95. The SMILES string of the molecule is COCCNC(=O)c1cn[nH]c1[C@@H]1CCCN(Cc2cccc(C(C)C)n2)C1. The lowest BCUT2D eigenvalue weighted by Crippen LogP contribution is -2.35. The van der Waals surface area contributed by atoms with Crippen LogP contribution in [0.25, 0.3) is 0 Å². The van der Waals surface area contributed by atoms with Gasteiger partial charge in [-0.2, -0.15) is 5.10 Å². The van der Waals surface area contributed by atoms with Crippen LogP contribution in [-0.2, 0) is 11.3 Å². The van der Waals surface area contributed by atoms with Crippen molar-refractivity contribution in [2.45, 2.75) is 45.1 Å². The van der Waals surface area contributed by atoms with Crippen molar-refractivity contribution in [1.82, 2.24) is 25.4 Å². The number of hydrogen-bond acceptors (Lipinski definition) is 5. The number of aromatic nitrogens is 3. The van der Waals surface area contributed by atoms with Crippen LogP contribution in [0.1, 0.15) is 66.0 Å². The molecule has 0 saturated carbocycles. The lowest BCUT2D eigenvalue weighted by Gasteiger charge is -2.32. The summed E-state index contributed by atoms with van der Waals surface area (Å²) in [4.78, 5) is 19.7. The molecule has 0 aliphatic carbocycles. The monoisotopic (exact) mass is 385 g/mol. The van der Waals surface area contributed by atoms with Crippen molar-refractivity contribution in [2.24, 2.45) is 0 Å². The van der Waals surface area contributed by atoms with Gasteiger partial charge < -0.3 is 10.1 Å². The van der Waals surface area contributed by atoms with Gasteiger partial charge in [-0.3, -0.25) is 19.8 Å². The van der Waals surface area contributed by atoms with Gasteiger partial charge in [0.05, 0.1) is 29.8 Å². The number of carbonyl (C=O) groups is 1. The van der Waals surface area contributed by atoms with E-state index in [1.807, 2.05) is 0 Å². The van der Waals surface area contributed by atoms with Crippen LogP contribution in [0.4, 0.5) is 0 Å². The van der Waals surface area contributed by atoms with Crippen molar-refractivity contribution >= 4 is 5.91 Å². The van der Waals surface area contributed by atoms with Gasteiger partial charge in [0.2, 0.25) is 0 Å². The van der Waals surface area contributed by atoms with Gasteiger partial charge in [0.25, 0.3) is 5.91 Å². The Kier molecular flexibility index (Phi) is 7.17. The van der Waals surface area contributed by atoms with Gasteiger partial charge in [-0.1, -0.05) is 19.9 Å². The molecule has 1 atom stereocenters. The second-order valence-electron chi connectivity index (χ2n) is 7.73. The molecule has 1 saturated heterocycles. The first-order chi connectivity index (χ1) is 13.6. The molecule has 2 aromatic rings. The number of pyridine rings is 1. The number of H-pyrrole nitrogens is 1. The molecule has 2 aromatic heterocycles. The summed E-state index contributed by atoms with van der Waals surface area (Å²) in [7, 11) is 1.62. The number of ether oxygens (including phenoxy) is 1. The molecule has 28 heavy (non-hydrogen) atoms. The Morgan fingerprint density at radius 1 is 1.43 bits per heavy atom. The average Bonchev–Trinajstić information content (AvgIpc) is 3.18. The molecule has 2 N–H and O–H groups in total. The zero-order valence-corrected chi connectivity index (χ0v) is 17.1. The van der Waals surface area contributed by atoms with Gasteiger partial charge in [-0.15, -0.1) is 0 Å². The van der Waals surface area contributed by atoms with E-state index in [2.05, 4.69) is 52.5 Å². The topological polar surface area (TPSA) is 83.1 Å². The van der Waals surface area contributed by atoms with Crippen molar-refractivity contribution in [2.75, 3.05) is 33.4 Å². The van der Waals surface area contributed by atoms with Crippen LogP contribution in [0.5, 0.6) is 0 Å². The van der Waals surface area contributed by atoms with Crippen LogP contribution in [0.3, 0.4) is 0 Å². The van der Waals surface area contributed by atoms with Crippen molar-refractivity contribution in [3.8, 4) is 0 Å². The Morgan fingerprint density at radius 3 is 3.07 bits per heavy atom. The largest absolute Gasteiger partial charge is 0.383 e. The minimum absolute atomic E-state index is 0.0933. The van der Waals surface area contributed by atoms with Crippen LogP contribution in [-0.4, -0.2) is 59.3 Å². The Morgan fingerprint density at radius 2 is 2.29 bits per heavy atom. The first-order valence-corrected chi connectivity index (χ1v) is 10.1. The number of carbonyl (C=O) groups excluding carboxylic acids is 1. The molecule has 0 spiro atoms. The Bertz CT molecular complexity index is 774. The second kappa shape index (κ2) is 9.80. The Labute approximate surface area is 166 Å². The van der Waals surface area contributed by atoms with Gasteiger partial charge in [-0.05, 0) is 37.4 Å². The summed E-state index contributed by atoms with van der Waals surface area (Å²) in [5, 5.41) is 10.1. The molecule has 3 heterocycles. The maximum atomic E-state index is 12.5. The van der Waals surface area contributed by atoms with Crippen LogP contribution >= 0.6 is 0 Å². The third kappa shape index (κ3) is 5.17. The predicted octanol–water partition coefficient (Wildman–Crippen LogP) is 2.68. The van der Waals surface area contributed by atoms with E-state index >= 15 is 0 Å². The maximum absolute atomic E-state index is 12.5. The maximum Gasteiger partial charge on any atom is 0.254 e. The van der Waals surface area contributed by atoms with Gasteiger partial charge >= 0.3 is 0 Å². The number of nitrogens with zero attached hydrogens (tertiary/aromatic N) is 3. The second-order valence-corrected chi connectivity index (χ2v) is 7.73. The van der Waals surface area contributed by atoms with Gasteiger partial charge in [0.1, 0.15) is 0 Å². The van der Waals surface area contributed by atoms with E-state index in [1.54, 1.807) is 13.3 Å². The van der Waals surface area contributed by atoms with Crippen molar-refractivity contribution in [3.05, 3.63) is 47.0 Å². The number of rotatable bonds is 8. The van der Waals surface area contributed by atoms with E-state index in [9.17, 15) is 4.79 Å². The highest BCUT2D eigenvalue weighted by Crippen LogP contribution is 2.28. The number of likely N-dealkylation sites (tertiary alicyclic amines) is 1. The third-order valence-corrected chi connectivity index (χ3v) is 5.22. The fourth-order valence-electron chi connectivity index (χ4n) is 3.72. The smallest absolute Gasteiger partial charge is 0.254 e. The van der Waals surface area contributed by atoms with Crippen molar-refractivity contribution in [1.29, 1.82) is 0 Å². The quantitative estimate of drug-likeness (QED) is 0.683. The summed E-state index contributed by atoms with van der Waals surface area (Å²) >= 11 is 0. The molecule has 7 heteroatoms. The van der Waals surface area contributed by atoms with E-state index < -0.39 is 0 Å². The zero-order chi connectivity index (χ0) is 19.9. The number of aromatic amines is 1. The summed E-state index contributed by atoms with van der Waals surface area (Å²) in [6.45, 7) is 8.11. The number of piperidine rings is 1. The molecule has 0 bridgehead atoms. The lowest BCUT2D eigenvalue weighted by atomic mass is 9.92. The molecule has 3 rings (SSSR count). The summed E-state index contributed by atoms with van der Waals surface area (Å²) in [6, 6.07) is 6.28. The number of hydrogen-bond donors (Lipinski definition) is 2. The summed E-state index contributed by atoms with van der Waals surface area (Å²) in [5.41, 5.74) is 3.81. The van der Waals surface area contributed by atoms with Gasteiger partial charge in [0.15, 0.2) is 0 Å². The fourth-order valence-corrected chi connectivity index (χ4v) is 3.72. The molecule has 0 aromatic carbocycles. The number of methoxy groups -OCH3 is 1. The minimum atomic E-state index is -0.0933. The van der Waals surface area contributed by atoms with Crippen LogP contribution in [0, 0.1) is 0 Å². The van der Waals surface area contributed by atoms with Gasteiger partial charge in [-0.25, -0.2) is 0 Å².